The van der Waals surface area contributed by atoms with Crippen molar-refractivity contribution < 1.29 is 26.2 Å². The Morgan fingerprint density at radius 1 is 0.767 bits per heavy atom. The smallest absolute Gasteiger partial charge is 0.148 e. The van der Waals surface area contributed by atoms with E-state index >= 15 is 0 Å². The fourth-order valence-electron chi connectivity index (χ4n) is 6.10. The van der Waals surface area contributed by atoms with Crippen molar-refractivity contribution in [3.63, 3.8) is 0 Å². The summed E-state index contributed by atoms with van der Waals surface area (Å²) in [5, 5.41) is 11.3. The molecule has 2 heterocycles. The molecule has 4 aromatic carbocycles. The largest absolute Gasteiger partial charge is 0.507 e. The summed E-state index contributed by atoms with van der Waals surface area (Å²) in [5.74, 6) is 1.02. The number of aromatic nitrogens is 3. The summed E-state index contributed by atoms with van der Waals surface area (Å²) in [6.07, 6.45) is 6.22. The van der Waals surface area contributed by atoms with Crippen LogP contribution in [0.25, 0.3) is 50.5 Å². The Morgan fingerprint density at radius 2 is 1.49 bits per heavy atom. The van der Waals surface area contributed by atoms with Gasteiger partial charge in [0.1, 0.15) is 11.6 Å². The van der Waals surface area contributed by atoms with Crippen molar-refractivity contribution in [3.8, 4) is 45.2 Å². The molecule has 0 saturated carbocycles. The summed E-state index contributed by atoms with van der Waals surface area (Å²) < 4.78 is 2.18. The van der Waals surface area contributed by atoms with E-state index in [1.54, 1.807) is 0 Å². The Labute approximate surface area is 267 Å². The van der Waals surface area contributed by atoms with Crippen LogP contribution in [0.5, 0.6) is 5.75 Å². The molecule has 0 saturated heterocycles. The first-order valence-electron chi connectivity index (χ1n) is 14.8. The molecule has 0 bridgehead atoms. The van der Waals surface area contributed by atoms with Crippen LogP contribution in [0.2, 0.25) is 0 Å². The van der Waals surface area contributed by atoms with E-state index in [0.29, 0.717) is 0 Å². The van der Waals surface area contributed by atoms with E-state index in [-0.39, 0.29) is 32.2 Å². The number of para-hydroxylation sites is 2. The summed E-state index contributed by atoms with van der Waals surface area (Å²) in [6.45, 7) is 6.70. The predicted molar refractivity (Wildman–Crippen MR) is 171 cm³/mol. The number of nitrogens with zero attached hydrogens (tertiary/aromatic N) is 3. The summed E-state index contributed by atoms with van der Waals surface area (Å²) >= 11 is 0. The van der Waals surface area contributed by atoms with Crippen molar-refractivity contribution in [1.82, 2.24) is 14.5 Å². The Kier molecular flexibility index (Phi) is 7.83. The molecule has 0 amide bonds. The predicted octanol–water partition coefficient (Wildman–Crippen LogP) is 9.10. The minimum absolute atomic E-state index is 0. The van der Waals surface area contributed by atoms with Crippen molar-refractivity contribution in [2.75, 3.05) is 0 Å². The third-order valence-corrected chi connectivity index (χ3v) is 8.37. The number of fused-ring (bicyclic) bond motifs is 2. The first kappa shape index (κ1) is 29.1. The average Bonchev–Trinajstić information content (AvgIpc) is 3.40. The van der Waals surface area contributed by atoms with Crippen molar-refractivity contribution >= 4 is 11.0 Å². The van der Waals surface area contributed by atoms with Crippen LogP contribution in [0.3, 0.4) is 0 Å². The number of aryl methyl sites for hydroxylation is 2. The maximum Gasteiger partial charge on any atom is 0.148 e. The van der Waals surface area contributed by atoms with Crippen LogP contribution in [0, 0.1) is 6.07 Å². The molecule has 0 atom stereocenters. The first-order valence-corrected chi connectivity index (χ1v) is 14.8. The van der Waals surface area contributed by atoms with Gasteiger partial charge in [0, 0.05) is 38.6 Å². The number of rotatable bonds is 4. The normalized spacial score (nSPS) is 13.0. The maximum absolute atomic E-state index is 11.3. The quantitative estimate of drug-likeness (QED) is 0.184. The van der Waals surface area contributed by atoms with Gasteiger partial charge in [-0.15, -0.1) is 29.3 Å². The SMILES string of the molecule is CC(C)(C)c1cc(-c2ccccn2)[c-]c(-c2cccc3c2nc(-c2cc4c(cc2O)CCCC4)n3-c2ccccc2)c1.[Pt]. The van der Waals surface area contributed by atoms with Gasteiger partial charge in [-0.1, -0.05) is 74.4 Å². The van der Waals surface area contributed by atoms with E-state index in [4.69, 9.17) is 4.98 Å². The van der Waals surface area contributed by atoms with Crippen LogP contribution in [-0.4, -0.2) is 19.6 Å². The van der Waals surface area contributed by atoms with Gasteiger partial charge >= 0.3 is 0 Å². The number of hydrogen-bond donors (Lipinski definition) is 1. The Hall–Kier alpha value is -4.01. The molecule has 0 radical (unpaired) electrons. The molecule has 6 aromatic rings. The zero-order chi connectivity index (χ0) is 28.8. The van der Waals surface area contributed by atoms with Crippen molar-refractivity contribution in [2.24, 2.45) is 0 Å². The van der Waals surface area contributed by atoms with Crippen LogP contribution in [0.1, 0.15) is 50.3 Å². The molecule has 0 spiro atoms. The van der Waals surface area contributed by atoms with Gasteiger partial charge in [-0.3, -0.25) is 9.55 Å². The van der Waals surface area contributed by atoms with Crippen molar-refractivity contribution in [3.05, 3.63) is 120 Å². The van der Waals surface area contributed by atoms with Crippen LogP contribution in [-0.2, 0) is 39.3 Å². The monoisotopic (exact) mass is 743 g/mol. The second-order valence-electron chi connectivity index (χ2n) is 12.3. The summed E-state index contributed by atoms with van der Waals surface area (Å²) in [5.41, 5.74) is 11.2. The first-order chi connectivity index (χ1) is 20.4. The molecule has 0 aliphatic heterocycles. The molecule has 5 heteroatoms. The fraction of sp³-hybridized carbons (Fsp3) is 0.211. The number of phenolic OH excluding ortho intramolecular Hbond substituents is 1. The third kappa shape index (κ3) is 5.45. The zero-order valence-electron chi connectivity index (χ0n) is 24.7. The number of phenols is 1. The van der Waals surface area contributed by atoms with Crippen LogP contribution in [0.4, 0.5) is 0 Å². The van der Waals surface area contributed by atoms with E-state index < -0.39 is 0 Å². The molecule has 2 aromatic heterocycles. The van der Waals surface area contributed by atoms with Crippen LogP contribution < -0.4 is 0 Å². The topological polar surface area (TPSA) is 50.9 Å². The third-order valence-electron chi connectivity index (χ3n) is 8.37. The minimum Gasteiger partial charge on any atom is -0.507 e. The van der Waals surface area contributed by atoms with Gasteiger partial charge in [-0.05, 0) is 78.6 Å². The molecule has 4 nitrogen and oxygen atoms in total. The van der Waals surface area contributed by atoms with Crippen molar-refractivity contribution in [2.45, 2.75) is 51.9 Å². The molecule has 43 heavy (non-hydrogen) atoms. The summed E-state index contributed by atoms with van der Waals surface area (Å²) in [7, 11) is 0. The van der Waals surface area contributed by atoms with Gasteiger partial charge in [0.15, 0.2) is 0 Å². The molecule has 218 valence electrons. The summed E-state index contributed by atoms with van der Waals surface area (Å²) in [4.78, 5) is 9.94. The van der Waals surface area contributed by atoms with Crippen LogP contribution in [0.15, 0.2) is 97.2 Å². The number of benzene rings is 4. The average molecular weight is 744 g/mol. The molecule has 1 N–H and O–H groups in total. The second kappa shape index (κ2) is 11.6. The summed E-state index contributed by atoms with van der Waals surface area (Å²) in [6, 6.07) is 34.9. The number of imidazole rings is 1. The standard InChI is InChI=1S/C38H34N3O.Pt/c1-38(2,3)29-21-27(20-28(22-29)33-17-9-10-19-39-33)31-16-11-18-34-36(31)40-37(41(34)30-14-5-4-6-15-30)32-23-25-12-7-8-13-26(25)24-35(32)42;/h4-6,9-11,14-19,21-24,42H,7-8,12-13H2,1-3H3;/q-1;. The molecule has 7 rings (SSSR count). The molecule has 1 aliphatic rings. The number of pyridine rings is 1. The van der Waals surface area contributed by atoms with Gasteiger partial charge < -0.3 is 5.11 Å². The number of hydrogen-bond acceptors (Lipinski definition) is 3. The van der Waals surface area contributed by atoms with E-state index in [0.717, 1.165) is 63.3 Å². The van der Waals surface area contributed by atoms with E-state index in [1.807, 2.05) is 48.7 Å². The van der Waals surface area contributed by atoms with E-state index in [1.165, 1.54) is 29.5 Å². The maximum atomic E-state index is 11.3. The molecular formula is C38H34N3OPt-. The fourth-order valence-corrected chi connectivity index (χ4v) is 6.10. The van der Waals surface area contributed by atoms with Gasteiger partial charge in [0.25, 0.3) is 0 Å². The van der Waals surface area contributed by atoms with Gasteiger partial charge in [0.05, 0.1) is 16.6 Å². The molecular weight excluding hydrogens is 710 g/mol. The Morgan fingerprint density at radius 3 is 2.21 bits per heavy atom. The molecule has 0 fully saturated rings. The molecule has 1 aliphatic carbocycles. The van der Waals surface area contributed by atoms with E-state index in [2.05, 4.69) is 84.9 Å². The van der Waals surface area contributed by atoms with Gasteiger partial charge in [0.2, 0.25) is 0 Å². The van der Waals surface area contributed by atoms with Gasteiger partial charge in [-0.25, -0.2) is 4.98 Å². The van der Waals surface area contributed by atoms with Crippen LogP contribution >= 0.6 is 0 Å². The molecule has 0 unspecified atom stereocenters. The zero-order valence-corrected chi connectivity index (χ0v) is 26.9. The minimum atomic E-state index is -0.0647. The second-order valence-corrected chi connectivity index (χ2v) is 12.3. The van der Waals surface area contributed by atoms with Crippen molar-refractivity contribution in [1.29, 1.82) is 0 Å². The Balaban J connectivity index is 0.00000329. The van der Waals surface area contributed by atoms with Gasteiger partial charge in [-0.2, -0.15) is 0 Å². The Bertz CT molecular complexity index is 1920. The number of aromatic hydroxyl groups is 1. The van der Waals surface area contributed by atoms with E-state index in [9.17, 15) is 5.11 Å².